The summed E-state index contributed by atoms with van der Waals surface area (Å²) in [5.41, 5.74) is 2.99. The lowest BCUT2D eigenvalue weighted by Gasteiger charge is -2.34. The Balaban J connectivity index is 0.905. The number of ketones is 1. The average molecular weight is 967 g/mol. The molecule has 18 nitrogen and oxygen atoms in total. The Morgan fingerprint density at radius 1 is 0.871 bits per heavy atom. The minimum atomic E-state index is -0.688. The molecule has 0 spiro atoms. The first-order valence-electron chi connectivity index (χ1n) is 20.9. The molecule has 1 aromatic carbocycles. The van der Waals surface area contributed by atoms with Crippen molar-refractivity contribution in [3.05, 3.63) is 71.6 Å². The monoisotopic (exact) mass is 966 g/mol. The van der Waals surface area contributed by atoms with Gasteiger partial charge in [-0.05, 0) is 36.9 Å². The molecule has 2 amide bonds. The summed E-state index contributed by atoms with van der Waals surface area (Å²) < 4.78 is 29.6. The largest absolute Gasteiger partial charge is 0.494 e. The molecule has 332 valence electrons. The van der Waals surface area contributed by atoms with Gasteiger partial charge in [-0.25, -0.2) is 14.6 Å². The Hall–Kier alpha value is -4.82. The molecule has 6 rings (SSSR count). The second-order valence-corrected chi connectivity index (χ2v) is 15.3. The van der Waals surface area contributed by atoms with Crippen LogP contribution in [-0.2, 0) is 35.0 Å². The van der Waals surface area contributed by atoms with E-state index < -0.39 is 11.7 Å². The third-order valence-corrected chi connectivity index (χ3v) is 11.2. The molecule has 0 aliphatic carbocycles. The third kappa shape index (κ3) is 13.1. The van der Waals surface area contributed by atoms with Gasteiger partial charge in [0.25, 0.3) is 11.7 Å². The van der Waals surface area contributed by atoms with Crippen LogP contribution in [0.2, 0.25) is 0 Å². The number of nitriles is 1. The number of aromatic nitrogens is 5. The van der Waals surface area contributed by atoms with Crippen LogP contribution in [0.3, 0.4) is 0 Å². The number of Topliss-reactive ketones (excluding diaryl/α,β-unsaturated/α-hetero) is 1. The number of methoxy groups -OCH3 is 1. The second-order valence-electron chi connectivity index (χ2n) is 14.7. The first-order valence-corrected chi connectivity index (χ1v) is 22.5. The molecule has 2 saturated heterocycles. The van der Waals surface area contributed by atoms with Gasteiger partial charge in [0.05, 0.1) is 98.7 Å². The van der Waals surface area contributed by atoms with Crippen molar-refractivity contribution in [3.8, 4) is 17.6 Å². The molecular weight excluding hydrogens is 911 g/mol. The van der Waals surface area contributed by atoms with Gasteiger partial charge in [-0.1, -0.05) is 52.9 Å². The third-order valence-electron chi connectivity index (χ3n) is 10.8. The number of hydrogen-bond donors (Lipinski definition) is 2. The predicted molar refractivity (Wildman–Crippen MR) is 238 cm³/mol. The maximum atomic E-state index is 13.7. The molecular formula is C43H55IN10O8. The lowest BCUT2D eigenvalue weighted by Crippen LogP contribution is -2.47. The number of carbonyl (C=O) groups excluding carboxylic acids is 3. The molecule has 0 unspecified atom stereocenters. The topological polar surface area (TPSA) is 202 Å². The summed E-state index contributed by atoms with van der Waals surface area (Å²) in [6.07, 6.45) is 6.20. The molecule has 2 aliphatic heterocycles. The molecule has 5 heterocycles. The number of benzene rings is 1. The summed E-state index contributed by atoms with van der Waals surface area (Å²) in [6, 6.07) is 11.8. The van der Waals surface area contributed by atoms with Gasteiger partial charge >= 0.3 is 0 Å². The number of piperidine rings is 1. The Morgan fingerprint density at radius 3 is 2.19 bits per heavy atom. The lowest BCUT2D eigenvalue weighted by molar-refractivity contribution is -0.126. The van der Waals surface area contributed by atoms with Crippen molar-refractivity contribution in [2.45, 2.75) is 25.7 Å². The lowest BCUT2D eigenvalue weighted by atomic mass is 9.93. The highest BCUT2D eigenvalue weighted by Gasteiger charge is 2.30. The van der Waals surface area contributed by atoms with Gasteiger partial charge < -0.3 is 43.8 Å². The van der Waals surface area contributed by atoms with Crippen molar-refractivity contribution >= 4 is 56.7 Å². The first kappa shape index (κ1) is 46.7. The number of likely N-dealkylation sites (tertiary alicyclic amines) is 1. The van der Waals surface area contributed by atoms with E-state index in [1.165, 1.54) is 35.4 Å². The number of carbonyl (C=O) groups is 3. The quantitative estimate of drug-likeness (QED) is 0.0259. The predicted octanol–water partition coefficient (Wildman–Crippen LogP) is 3.06. The molecule has 19 heteroatoms. The van der Waals surface area contributed by atoms with Crippen LogP contribution in [0.5, 0.6) is 5.75 Å². The van der Waals surface area contributed by atoms with Crippen LogP contribution in [0.15, 0.2) is 54.6 Å². The van der Waals surface area contributed by atoms with Crippen LogP contribution in [0, 0.1) is 11.3 Å². The number of hydrogen-bond acceptors (Lipinski definition) is 14. The summed E-state index contributed by atoms with van der Waals surface area (Å²) >= 11 is 2.16. The summed E-state index contributed by atoms with van der Waals surface area (Å²) in [7, 11) is 1.46. The minimum absolute atomic E-state index is 0.0146. The highest BCUT2D eigenvalue weighted by molar-refractivity contribution is 14.1. The number of ether oxygens (including phenoxy) is 5. The van der Waals surface area contributed by atoms with E-state index in [0.717, 1.165) is 56.8 Å². The van der Waals surface area contributed by atoms with Crippen molar-refractivity contribution in [3.63, 3.8) is 0 Å². The summed E-state index contributed by atoms with van der Waals surface area (Å²) in [5, 5.41) is 17.7. The van der Waals surface area contributed by atoms with Gasteiger partial charge in [-0.3, -0.25) is 19.3 Å². The number of alkyl halides is 1. The molecule has 0 atom stereocenters. The van der Waals surface area contributed by atoms with E-state index in [2.05, 4.69) is 63.8 Å². The van der Waals surface area contributed by atoms with E-state index in [9.17, 15) is 19.6 Å². The number of piperazine rings is 1. The van der Waals surface area contributed by atoms with Crippen LogP contribution in [0.4, 0.5) is 0 Å². The van der Waals surface area contributed by atoms with E-state index in [-0.39, 0.29) is 17.9 Å². The van der Waals surface area contributed by atoms with E-state index in [1.807, 2.05) is 30.3 Å². The second kappa shape index (κ2) is 24.7. The molecule has 4 aromatic rings. The zero-order chi connectivity index (χ0) is 43.5. The number of amides is 2. The molecule has 62 heavy (non-hydrogen) atoms. The molecule has 2 aliphatic rings. The first-order chi connectivity index (χ1) is 30.4. The SMILES string of the molecule is COc1cnc(-n2cnc(CC(=O)NCCCN3CCN(CCOCCOCCOCCOCI)CC3)n2)c2[nH]cc(C(=O)C(=O)N3CCC(=C(C#N)c4ccccc4)CC3)c12. The van der Waals surface area contributed by atoms with E-state index >= 15 is 0 Å². The number of rotatable bonds is 24. The van der Waals surface area contributed by atoms with Crippen molar-refractivity contribution in [1.29, 1.82) is 5.26 Å². The van der Waals surface area contributed by atoms with Gasteiger partial charge in [-0.2, -0.15) is 5.26 Å². The summed E-state index contributed by atoms with van der Waals surface area (Å²) in [6.45, 7) is 10.9. The molecule has 0 saturated carbocycles. The van der Waals surface area contributed by atoms with Crippen molar-refractivity contribution in [2.75, 3.05) is 117 Å². The van der Waals surface area contributed by atoms with Crippen LogP contribution in [0.1, 0.15) is 41.0 Å². The van der Waals surface area contributed by atoms with Crippen LogP contribution < -0.4 is 10.1 Å². The van der Waals surface area contributed by atoms with Gasteiger partial charge in [-0.15, -0.1) is 5.10 Å². The number of aromatic amines is 1. The van der Waals surface area contributed by atoms with Crippen LogP contribution in [-0.4, -0.2) is 174 Å². The summed E-state index contributed by atoms with van der Waals surface area (Å²) in [4.78, 5) is 58.4. The van der Waals surface area contributed by atoms with E-state index in [1.54, 1.807) is 0 Å². The van der Waals surface area contributed by atoms with Crippen molar-refractivity contribution < 1.29 is 38.1 Å². The Morgan fingerprint density at radius 2 is 1.53 bits per heavy atom. The fraction of sp³-hybridized carbons (Fsp3) is 0.512. The normalized spacial score (nSPS) is 14.9. The molecule has 2 fully saturated rings. The molecule has 0 radical (unpaired) electrons. The van der Waals surface area contributed by atoms with Gasteiger partial charge in [0.1, 0.15) is 12.1 Å². The van der Waals surface area contributed by atoms with Gasteiger partial charge in [0.15, 0.2) is 11.6 Å². The Kier molecular flexibility index (Phi) is 18.6. The van der Waals surface area contributed by atoms with Crippen molar-refractivity contribution in [1.82, 2.24) is 44.7 Å². The Bertz CT molecular complexity index is 2140. The fourth-order valence-electron chi connectivity index (χ4n) is 7.41. The number of allylic oxidation sites excluding steroid dienone is 1. The number of nitrogens with zero attached hydrogens (tertiary/aromatic N) is 8. The maximum absolute atomic E-state index is 13.7. The molecule has 0 bridgehead atoms. The van der Waals surface area contributed by atoms with Crippen LogP contribution in [0.25, 0.3) is 22.3 Å². The van der Waals surface area contributed by atoms with Gasteiger partial charge in [0, 0.05) is 58.6 Å². The highest BCUT2D eigenvalue weighted by Crippen LogP contribution is 2.33. The number of halogens is 1. The average Bonchev–Trinajstić information content (AvgIpc) is 3.97. The van der Waals surface area contributed by atoms with E-state index in [0.29, 0.717) is 117 Å². The van der Waals surface area contributed by atoms with Gasteiger partial charge in [0.2, 0.25) is 5.91 Å². The van der Waals surface area contributed by atoms with E-state index in [4.69, 9.17) is 23.7 Å². The fourth-order valence-corrected chi connectivity index (χ4v) is 7.73. The Labute approximate surface area is 375 Å². The minimum Gasteiger partial charge on any atom is -0.494 e. The number of H-pyrrole nitrogens is 1. The number of fused-ring (bicyclic) bond motifs is 1. The van der Waals surface area contributed by atoms with Crippen molar-refractivity contribution in [2.24, 2.45) is 0 Å². The number of nitrogens with one attached hydrogen (secondary N) is 2. The molecule has 3 aromatic heterocycles. The summed E-state index contributed by atoms with van der Waals surface area (Å²) in [5.74, 6) is -0.570. The smallest absolute Gasteiger partial charge is 0.295 e. The highest BCUT2D eigenvalue weighted by atomic mass is 127. The zero-order valence-electron chi connectivity index (χ0n) is 35.2. The van der Waals surface area contributed by atoms with Crippen LogP contribution >= 0.6 is 22.6 Å². The number of pyridine rings is 1. The zero-order valence-corrected chi connectivity index (χ0v) is 37.3. The molecule has 2 N–H and O–H groups in total. The maximum Gasteiger partial charge on any atom is 0.295 e. The standard InChI is InChI=1S/C43H55IN10O8/c1-58-36-29-48-42(40-39(36)35(28-47-40)41(56)43(57)53-12-8-33(9-13-53)34(27-45)32-6-3-2-4-7-32)54-31-49-37(50-54)26-38(55)46-10-5-11-51-14-16-52(17-15-51)18-19-59-20-21-60-22-23-61-24-25-62-30-44/h2-4,6-7,28-29,31,47H,5,8-26,30H2,1H3,(H,46,55).